The van der Waals surface area contributed by atoms with Gasteiger partial charge in [0, 0.05) is 30.6 Å². The molecule has 1 saturated heterocycles. The van der Waals surface area contributed by atoms with Gasteiger partial charge in [0.25, 0.3) is 0 Å². The molecule has 2 aromatic rings. The summed E-state index contributed by atoms with van der Waals surface area (Å²) in [5.41, 5.74) is 2.59. The summed E-state index contributed by atoms with van der Waals surface area (Å²) < 4.78 is 0. The maximum absolute atomic E-state index is 12.7. The molecule has 4 heteroatoms. The summed E-state index contributed by atoms with van der Waals surface area (Å²) in [7, 11) is 0. The summed E-state index contributed by atoms with van der Waals surface area (Å²) in [6, 6.07) is 13.1. The number of nitrogens with one attached hydrogen (secondary N) is 1. The first kappa shape index (κ1) is 15.9. The van der Waals surface area contributed by atoms with E-state index in [9.17, 15) is 4.79 Å². The highest BCUT2D eigenvalue weighted by Gasteiger charge is 2.30. The zero-order chi connectivity index (χ0) is 16.4. The van der Waals surface area contributed by atoms with E-state index in [0.29, 0.717) is 6.04 Å². The van der Waals surface area contributed by atoms with Gasteiger partial charge >= 0.3 is 0 Å². The number of likely N-dealkylation sites (tertiary alicyclic amines) is 1. The Morgan fingerprint density at radius 1 is 1.12 bits per heavy atom. The van der Waals surface area contributed by atoms with Gasteiger partial charge in [-0.15, -0.1) is 11.3 Å². The Labute approximate surface area is 147 Å². The smallest absolute Gasteiger partial charge is 0.227 e. The maximum atomic E-state index is 12.7. The van der Waals surface area contributed by atoms with Gasteiger partial charge in [-0.3, -0.25) is 9.69 Å². The predicted molar refractivity (Wildman–Crippen MR) is 98.3 cm³/mol. The lowest BCUT2D eigenvalue weighted by Crippen LogP contribution is -2.45. The molecule has 3 nitrogen and oxygen atoms in total. The molecule has 0 radical (unpaired) electrons. The van der Waals surface area contributed by atoms with E-state index in [4.69, 9.17) is 0 Å². The fourth-order valence-electron chi connectivity index (χ4n) is 3.99. The zero-order valence-electron chi connectivity index (χ0n) is 13.9. The molecule has 1 fully saturated rings. The third kappa shape index (κ3) is 3.40. The lowest BCUT2D eigenvalue weighted by atomic mass is 9.98. The van der Waals surface area contributed by atoms with E-state index in [2.05, 4.69) is 45.9 Å². The average molecular weight is 340 g/mol. The molecule has 1 amide bonds. The molecule has 0 spiro atoms. The number of amides is 1. The van der Waals surface area contributed by atoms with Crippen molar-refractivity contribution < 1.29 is 4.79 Å². The SMILES string of the molecule is O=C(NC1CCN(Cc2cccs2)CC1)[C@@H]1CCc2ccccc21. The highest BCUT2D eigenvalue weighted by molar-refractivity contribution is 7.09. The molecule has 0 unspecified atom stereocenters. The van der Waals surface area contributed by atoms with Gasteiger partial charge in [-0.25, -0.2) is 0 Å². The third-order valence-electron chi connectivity index (χ3n) is 5.34. The molecule has 1 aliphatic heterocycles. The maximum Gasteiger partial charge on any atom is 0.227 e. The molecule has 24 heavy (non-hydrogen) atoms. The van der Waals surface area contributed by atoms with Crippen LogP contribution in [0.3, 0.4) is 0 Å². The monoisotopic (exact) mass is 340 g/mol. The number of hydrogen-bond donors (Lipinski definition) is 1. The van der Waals surface area contributed by atoms with E-state index in [1.54, 1.807) is 0 Å². The molecule has 2 aliphatic rings. The van der Waals surface area contributed by atoms with E-state index in [0.717, 1.165) is 45.3 Å². The summed E-state index contributed by atoms with van der Waals surface area (Å²) in [5.74, 6) is 0.294. The van der Waals surface area contributed by atoms with Crippen LogP contribution in [-0.4, -0.2) is 29.9 Å². The number of carbonyl (C=O) groups is 1. The minimum absolute atomic E-state index is 0.0605. The molecule has 0 saturated carbocycles. The highest BCUT2D eigenvalue weighted by Crippen LogP contribution is 2.33. The Balaban J connectivity index is 1.29. The highest BCUT2D eigenvalue weighted by atomic mass is 32.1. The Bertz CT molecular complexity index is 689. The van der Waals surface area contributed by atoms with Gasteiger partial charge in [0.1, 0.15) is 0 Å². The van der Waals surface area contributed by atoms with Crippen LogP contribution in [0, 0.1) is 0 Å². The first-order chi connectivity index (χ1) is 11.8. The van der Waals surface area contributed by atoms with Crippen LogP contribution >= 0.6 is 11.3 Å². The van der Waals surface area contributed by atoms with Crippen molar-refractivity contribution >= 4 is 17.2 Å². The lowest BCUT2D eigenvalue weighted by Gasteiger charge is -2.32. The molecule has 4 rings (SSSR count). The van der Waals surface area contributed by atoms with Gasteiger partial charge < -0.3 is 5.32 Å². The van der Waals surface area contributed by atoms with Crippen molar-refractivity contribution in [3.63, 3.8) is 0 Å². The van der Waals surface area contributed by atoms with E-state index >= 15 is 0 Å². The van der Waals surface area contributed by atoms with Crippen LogP contribution in [0.2, 0.25) is 0 Å². The number of hydrogen-bond acceptors (Lipinski definition) is 3. The number of carbonyl (C=O) groups excluding carboxylic acids is 1. The molecule has 1 aliphatic carbocycles. The Kier molecular flexibility index (Phi) is 4.67. The van der Waals surface area contributed by atoms with Crippen LogP contribution < -0.4 is 5.32 Å². The standard InChI is InChI=1S/C20H24N2OS/c23-20(19-8-7-15-4-1-2-6-18(15)19)21-16-9-11-22(12-10-16)14-17-5-3-13-24-17/h1-6,13,16,19H,7-12,14H2,(H,21,23)/t19-/m1/s1. The summed E-state index contributed by atoms with van der Waals surface area (Å²) in [5, 5.41) is 5.46. The van der Waals surface area contributed by atoms with Crippen molar-refractivity contribution in [2.45, 2.75) is 44.2 Å². The molecule has 0 bridgehead atoms. The topological polar surface area (TPSA) is 32.3 Å². The average Bonchev–Trinajstić information content (AvgIpc) is 3.26. The van der Waals surface area contributed by atoms with Crippen LogP contribution in [0.4, 0.5) is 0 Å². The minimum Gasteiger partial charge on any atom is -0.353 e. The van der Waals surface area contributed by atoms with Crippen molar-refractivity contribution in [1.29, 1.82) is 0 Å². The van der Waals surface area contributed by atoms with E-state index in [1.807, 2.05) is 17.4 Å². The summed E-state index contributed by atoms with van der Waals surface area (Å²) in [6.45, 7) is 3.20. The number of fused-ring (bicyclic) bond motifs is 1. The molecule has 2 heterocycles. The number of piperidine rings is 1. The Hall–Kier alpha value is -1.65. The summed E-state index contributed by atoms with van der Waals surface area (Å²) in [4.78, 5) is 16.6. The number of benzene rings is 1. The molecular weight excluding hydrogens is 316 g/mol. The summed E-state index contributed by atoms with van der Waals surface area (Å²) in [6.07, 6.45) is 4.12. The second-order valence-corrected chi connectivity index (χ2v) is 7.96. The van der Waals surface area contributed by atoms with Crippen molar-refractivity contribution in [3.8, 4) is 0 Å². The number of rotatable bonds is 4. The van der Waals surface area contributed by atoms with E-state index in [1.165, 1.54) is 16.0 Å². The van der Waals surface area contributed by atoms with Crippen molar-refractivity contribution in [1.82, 2.24) is 10.2 Å². The first-order valence-electron chi connectivity index (χ1n) is 8.92. The number of aryl methyl sites for hydroxylation is 1. The van der Waals surface area contributed by atoms with Gasteiger partial charge in [0.2, 0.25) is 5.91 Å². The molecule has 126 valence electrons. The first-order valence-corrected chi connectivity index (χ1v) is 9.80. The second kappa shape index (κ2) is 7.08. The van der Waals surface area contributed by atoms with Gasteiger partial charge in [0.05, 0.1) is 5.92 Å². The lowest BCUT2D eigenvalue weighted by molar-refractivity contribution is -0.123. The number of nitrogens with zero attached hydrogens (tertiary/aromatic N) is 1. The third-order valence-corrected chi connectivity index (χ3v) is 6.20. The molecule has 1 aromatic carbocycles. The van der Waals surface area contributed by atoms with Crippen LogP contribution in [0.25, 0.3) is 0 Å². The Morgan fingerprint density at radius 3 is 2.75 bits per heavy atom. The second-order valence-electron chi connectivity index (χ2n) is 6.93. The molecule has 1 N–H and O–H groups in total. The van der Waals surface area contributed by atoms with Crippen molar-refractivity contribution in [2.75, 3.05) is 13.1 Å². The predicted octanol–water partition coefficient (Wildman–Crippen LogP) is 3.56. The van der Waals surface area contributed by atoms with Crippen molar-refractivity contribution in [3.05, 3.63) is 57.8 Å². The van der Waals surface area contributed by atoms with Crippen LogP contribution in [-0.2, 0) is 17.8 Å². The largest absolute Gasteiger partial charge is 0.353 e. The van der Waals surface area contributed by atoms with Crippen molar-refractivity contribution in [2.24, 2.45) is 0 Å². The fraction of sp³-hybridized carbons (Fsp3) is 0.450. The van der Waals surface area contributed by atoms with Gasteiger partial charge in [-0.2, -0.15) is 0 Å². The zero-order valence-corrected chi connectivity index (χ0v) is 14.7. The van der Waals surface area contributed by atoms with Crippen LogP contribution in [0.15, 0.2) is 41.8 Å². The van der Waals surface area contributed by atoms with Crippen LogP contribution in [0.5, 0.6) is 0 Å². The quantitative estimate of drug-likeness (QED) is 0.923. The normalized spacial score (nSPS) is 21.6. The Morgan fingerprint density at radius 2 is 1.96 bits per heavy atom. The molecular formula is C20H24N2OS. The fourth-order valence-corrected chi connectivity index (χ4v) is 4.74. The van der Waals surface area contributed by atoms with E-state index in [-0.39, 0.29) is 11.8 Å². The minimum atomic E-state index is 0.0605. The van der Waals surface area contributed by atoms with E-state index < -0.39 is 0 Å². The van der Waals surface area contributed by atoms with Gasteiger partial charge in [-0.05, 0) is 48.3 Å². The van der Waals surface area contributed by atoms with Gasteiger partial charge in [0.15, 0.2) is 0 Å². The van der Waals surface area contributed by atoms with Gasteiger partial charge in [-0.1, -0.05) is 30.3 Å². The van der Waals surface area contributed by atoms with Crippen LogP contribution in [0.1, 0.15) is 41.2 Å². The number of thiophene rings is 1. The molecule has 1 atom stereocenters. The summed E-state index contributed by atoms with van der Waals surface area (Å²) >= 11 is 1.83. The molecule has 1 aromatic heterocycles.